The number of carbonyl (C=O) groups excluding carboxylic acids is 2. The van der Waals surface area contributed by atoms with E-state index in [9.17, 15) is 53.5 Å². The van der Waals surface area contributed by atoms with Crippen LogP contribution in [0.4, 0.5) is 49.6 Å². The fourth-order valence-corrected chi connectivity index (χ4v) is 5.12. The van der Waals surface area contributed by atoms with Gasteiger partial charge in [0.05, 0.1) is 18.4 Å². The number of Topliss-reactive ketones (excluding diaryl/α,β-unsaturated/α-hetero) is 1. The maximum atomic E-state index is 14.7. The van der Waals surface area contributed by atoms with E-state index in [0.29, 0.717) is 5.56 Å². The van der Waals surface area contributed by atoms with Crippen molar-refractivity contribution in [3.63, 3.8) is 0 Å². The van der Waals surface area contributed by atoms with Gasteiger partial charge in [0.2, 0.25) is 0 Å². The van der Waals surface area contributed by atoms with Gasteiger partial charge in [0.25, 0.3) is 5.91 Å². The number of hydrogen-bond donors (Lipinski definition) is 0. The van der Waals surface area contributed by atoms with Crippen LogP contribution in [0.25, 0.3) is 0 Å². The molecule has 244 valence electrons. The van der Waals surface area contributed by atoms with Gasteiger partial charge in [-0.25, -0.2) is 8.78 Å². The van der Waals surface area contributed by atoms with E-state index in [1.807, 2.05) is 0 Å². The Bertz CT molecular complexity index is 1580. The minimum Gasteiger partial charge on any atom is -0.494 e. The van der Waals surface area contributed by atoms with Crippen molar-refractivity contribution in [3.8, 4) is 11.5 Å². The largest absolute Gasteiger partial charge is 0.494 e. The molecule has 1 amide bonds. The van der Waals surface area contributed by atoms with Crippen molar-refractivity contribution in [1.82, 2.24) is 0 Å². The Kier molecular flexibility index (Phi) is 10.5. The molecule has 0 saturated heterocycles. The van der Waals surface area contributed by atoms with Crippen LogP contribution in [0, 0.1) is 12.7 Å². The van der Waals surface area contributed by atoms with Crippen LogP contribution in [0.2, 0.25) is 0 Å². The van der Waals surface area contributed by atoms with Gasteiger partial charge in [0, 0.05) is 34.1 Å². The number of ether oxygens (including phenoxy) is 2. The first-order valence-corrected chi connectivity index (χ1v) is 13.5. The molecule has 3 aromatic carbocycles. The van der Waals surface area contributed by atoms with Crippen molar-refractivity contribution in [3.05, 3.63) is 86.6 Å². The molecular formula is C29H22BrF10NO4. The normalized spacial score (nSPS) is 12.3. The van der Waals surface area contributed by atoms with Crippen LogP contribution in [0.5, 0.6) is 11.5 Å². The third-order valence-corrected chi connectivity index (χ3v) is 7.36. The van der Waals surface area contributed by atoms with Gasteiger partial charge < -0.3 is 14.4 Å². The molecule has 0 saturated carbocycles. The van der Waals surface area contributed by atoms with Crippen molar-refractivity contribution >= 4 is 33.3 Å². The van der Waals surface area contributed by atoms with Crippen LogP contribution < -0.4 is 14.4 Å². The molecule has 0 N–H and O–H groups in total. The Morgan fingerprint density at radius 2 is 1.56 bits per heavy atom. The second-order valence-corrected chi connectivity index (χ2v) is 10.3. The molecule has 0 aliphatic rings. The summed E-state index contributed by atoms with van der Waals surface area (Å²) in [6.45, 7) is -0.681. The summed E-state index contributed by atoms with van der Waals surface area (Å²) in [5, 5.41) is 0. The van der Waals surface area contributed by atoms with E-state index in [1.54, 1.807) is 6.92 Å². The van der Waals surface area contributed by atoms with Gasteiger partial charge in [0.1, 0.15) is 11.6 Å². The standard InChI is InChI=1S/C29H22BrF10NO4/c1-4-41(25(43)17-9-8-16(31)10-14(17)2)21-7-5-6-18(24(21)44-3)22(42)13-19-20(30)11-15(12-23(19)45-26(32)33)27(34,28(35,36)37)29(38,39)40/h5-12,26H,4,13H2,1-3H3. The molecule has 3 rings (SSSR count). The first-order chi connectivity index (χ1) is 20.8. The maximum absolute atomic E-state index is 14.7. The van der Waals surface area contributed by atoms with Gasteiger partial charge in [-0.2, -0.15) is 35.1 Å². The highest BCUT2D eigenvalue weighted by molar-refractivity contribution is 9.10. The van der Waals surface area contributed by atoms with E-state index in [-0.39, 0.29) is 41.2 Å². The number of anilines is 1. The molecule has 0 aliphatic heterocycles. The Labute approximate surface area is 257 Å². The lowest BCUT2D eigenvalue weighted by molar-refractivity contribution is -0.348. The highest BCUT2D eigenvalue weighted by Gasteiger charge is 2.73. The minimum absolute atomic E-state index is 0.0203. The Balaban J connectivity index is 2.12. The van der Waals surface area contributed by atoms with Gasteiger partial charge in [-0.1, -0.05) is 22.0 Å². The van der Waals surface area contributed by atoms with E-state index < -0.39 is 69.9 Å². The predicted molar refractivity (Wildman–Crippen MR) is 145 cm³/mol. The highest BCUT2D eigenvalue weighted by Crippen LogP contribution is 2.54. The lowest BCUT2D eigenvalue weighted by Gasteiger charge is -2.31. The first kappa shape index (κ1) is 35.7. The number of aryl methyl sites for hydroxylation is 1. The number of hydrogen-bond acceptors (Lipinski definition) is 4. The molecule has 5 nitrogen and oxygen atoms in total. The third-order valence-electron chi connectivity index (χ3n) is 6.66. The Morgan fingerprint density at radius 3 is 2.07 bits per heavy atom. The number of amides is 1. The smallest absolute Gasteiger partial charge is 0.435 e. The van der Waals surface area contributed by atoms with Crippen LogP contribution in [-0.4, -0.2) is 44.3 Å². The number of methoxy groups -OCH3 is 1. The Morgan fingerprint density at radius 1 is 0.933 bits per heavy atom. The van der Waals surface area contributed by atoms with Gasteiger partial charge in [-0.3, -0.25) is 9.59 Å². The van der Waals surface area contributed by atoms with Crippen LogP contribution >= 0.6 is 15.9 Å². The monoisotopic (exact) mass is 717 g/mol. The molecule has 0 atom stereocenters. The summed E-state index contributed by atoms with van der Waals surface area (Å²) in [7, 11) is 1.14. The summed E-state index contributed by atoms with van der Waals surface area (Å²) in [6.07, 6.45) is -14.1. The predicted octanol–water partition coefficient (Wildman–Crippen LogP) is 8.89. The number of rotatable bonds is 10. The van der Waals surface area contributed by atoms with Crippen molar-refractivity contribution in [2.24, 2.45) is 0 Å². The summed E-state index contributed by atoms with van der Waals surface area (Å²) in [5.74, 6) is -3.67. The molecule has 16 heteroatoms. The van der Waals surface area contributed by atoms with E-state index in [1.165, 1.54) is 36.1 Å². The minimum atomic E-state index is -6.55. The van der Waals surface area contributed by atoms with Crippen LogP contribution in [0.3, 0.4) is 0 Å². The number of alkyl halides is 9. The lowest BCUT2D eigenvalue weighted by Crippen LogP contribution is -2.50. The van der Waals surface area contributed by atoms with Crippen molar-refractivity contribution in [1.29, 1.82) is 0 Å². The first-order valence-electron chi connectivity index (χ1n) is 12.7. The summed E-state index contributed by atoms with van der Waals surface area (Å²) in [5.41, 5.74) is -8.50. The molecule has 0 bridgehead atoms. The number of nitrogens with zero attached hydrogens (tertiary/aromatic N) is 1. The summed E-state index contributed by atoms with van der Waals surface area (Å²) in [6, 6.07) is 7.28. The molecule has 0 heterocycles. The van der Waals surface area contributed by atoms with Crippen LogP contribution in [0.15, 0.2) is 53.0 Å². The molecular weight excluding hydrogens is 696 g/mol. The lowest BCUT2D eigenvalue weighted by atomic mass is 9.91. The Hall–Kier alpha value is -3.82. The van der Waals surface area contributed by atoms with E-state index in [4.69, 9.17) is 4.74 Å². The second kappa shape index (κ2) is 13.3. The zero-order valence-electron chi connectivity index (χ0n) is 23.3. The quantitative estimate of drug-likeness (QED) is 0.155. The highest BCUT2D eigenvalue weighted by atomic mass is 79.9. The third kappa shape index (κ3) is 7.05. The molecule has 0 aromatic heterocycles. The molecule has 45 heavy (non-hydrogen) atoms. The fourth-order valence-electron chi connectivity index (χ4n) is 4.53. The number of para-hydroxylation sites is 1. The molecule has 0 aliphatic carbocycles. The molecule has 0 spiro atoms. The van der Waals surface area contributed by atoms with Crippen molar-refractivity contribution in [2.75, 3.05) is 18.6 Å². The van der Waals surface area contributed by atoms with Crippen LogP contribution in [-0.2, 0) is 12.1 Å². The summed E-state index contributed by atoms with van der Waals surface area (Å²) in [4.78, 5) is 28.0. The van der Waals surface area contributed by atoms with Gasteiger partial charge in [0.15, 0.2) is 11.5 Å². The zero-order chi connectivity index (χ0) is 34.1. The average molecular weight is 718 g/mol. The number of halogens is 11. The SMILES string of the molecule is CCN(C(=O)c1ccc(F)cc1C)c1cccc(C(=O)Cc2c(Br)cc(C(F)(C(F)(F)F)C(F)(F)F)cc2OC(F)F)c1OC. The molecule has 3 aromatic rings. The van der Waals surface area contributed by atoms with Gasteiger partial charge in [-0.15, -0.1) is 0 Å². The fraction of sp³-hybridized carbons (Fsp3) is 0.310. The molecule has 0 unspecified atom stereocenters. The average Bonchev–Trinajstić information content (AvgIpc) is 2.92. The summed E-state index contributed by atoms with van der Waals surface area (Å²) < 4.78 is 144. The van der Waals surface area contributed by atoms with Crippen molar-refractivity contribution < 1.29 is 63.0 Å². The molecule has 0 radical (unpaired) electrons. The van der Waals surface area contributed by atoms with E-state index in [2.05, 4.69) is 20.7 Å². The van der Waals surface area contributed by atoms with E-state index >= 15 is 0 Å². The molecule has 0 fully saturated rings. The maximum Gasteiger partial charge on any atom is 0.435 e. The topological polar surface area (TPSA) is 55.8 Å². The van der Waals surface area contributed by atoms with Gasteiger partial charge >= 0.3 is 24.6 Å². The van der Waals surface area contributed by atoms with Crippen LogP contribution in [0.1, 0.15) is 44.3 Å². The zero-order valence-corrected chi connectivity index (χ0v) is 24.9. The number of ketones is 1. The number of benzene rings is 3. The summed E-state index contributed by atoms with van der Waals surface area (Å²) >= 11 is 2.67. The number of carbonyl (C=O) groups is 2. The van der Waals surface area contributed by atoms with Gasteiger partial charge in [-0.05, 0) is 61.9 Å². The second-order valence-electron chi connectivity index (χ2n) is 9.43. The van der Waals surface area contributed by atoms with E-state index in [0.717, 1.165) is 19.2 Å². The van der Waals surface area contributed by atoms with Crippen molar-refractivity contribution in [2.45, 2.75) is 44.9 Å².